The molecule has 1 fully saturated rings. The maximum absolute atomic E-state index is 12.1. The molecule has 0 saturated heterocycles. The average Bonchev–Trinajstić information content (AvgIpc) is 2.27. The van der Waals surface area contributed by atoms with Gasteiger partial charge in [0.2, 0.25) is 0 Å². The summed E-state index contributed by atoms with van der Waals surface area (Å²) in [5.41, 5.74) is 0. The van der Waals surface area contributed by atoms with Crippen LogP contribution in [0.1, 0.15) is 39.0 Å². The fourth-order valence-electron chi connectivity index (χ4n) is 2.18. The third-order valence-electron chi connectivity index (χ3n) is 3.10. The van der Waals surface area contributed by atoms with Gasteiger partial charge >= 0.3 is 5.97 Å². The van der Waals surface area contributed by atoms with E-state index in [-0.39, 0.29) is 23.0 Å². The van der Waals surface area contributed by atoms with Crippen molar-refractivity contribution in [1.82, 2.24) is 0 Å². The Morgan fingerprint density at radius 3 is 2.81 bits per heavy atom. The van der Waals surface area contributed by atoms with E-state index in [1.807, 2.05) is 0 Å². The number of aliphatic carboxylic acids is 1. The SMILES string of the molecule is COC1CCCC(S(=O)C(C)CC(=O)O)C1. The van der Waals surface area contributed by atoms with Crippen molar-refractivity contribution in [2.75, 3.05) is 7.11 Å². The topological polar surface area (TPSA) is 63.6 Å². The first-order valence-electron chi connectivity index (χ1n) is 5.68. The van der Waals surface area contributed by atoms with Crippen LogP contribution in [0.4, 0.5) is 0 Å². The molecule has 0 bridgehead atoms. The molecule has 1 N–H and O–H groups in total. The summed E-state index contributed by atoms with van der Waals surface area (Å²) >= 11 is 0. The van der Waals surface area contributed by atoms with Crippen LogP contribution in [0.15, 0.2) is 0 Å². The Labute approximate surface area is 98.8 Å². The molecular formula is C11H20O4S. The van der Waals surface area contributed by atoms with Crippen LogP contribution < -0.4 is 0 Å². The molecule has 94 valence electrons. The van der Waals surface area contributed by atoms with Gasteiger partial charge in [0.25, 0.3) is 0 Å². The largest absolute Gasteiger partial charge is 0.481 e. The van der Waals surface area contributed by atoms with Gasteiger partial charge in [0.1, 0.15) is 0 Å². The maximum Gasteiger partial charge on any atom is 0.304 e. The molecule has 0 aromatic heterocycles. The quantitative estimate of drug-likeness (QED) is 0.802. The minimum atomic E-state index is -1.05. The Balaban J connectivity index is 2.49. The van der Waals surface area contributed by atoms with Crippen LogP contribution in [-0.2, 0) is 20.3 Å². The van der Waals surface area contributed by atoms with E-state index < -0.39 is 16.8 Å². The van der Waals surface area contributed by atoms with E-state index in [4.69, 9.17) is 9.84 Å². The predicted octanol–water partition coefficient (Wildman–Crippen LogP) is 1.56. The van der Waals surface area contributed by atoms with Gasteiger partial charge in [-0.3, -0.25) is 9.00 Å². The van der Waals surface area contributed by atoms with Crippen molar-refractivity contribution in [3.63, 3.8) is 0 Å². The summed E-state index contributed by atoms with van der Waals surface area (Å²) in [4.78, 5) is 10.6. The van der Waals surface area contributed by atoms with E-state index >= 15 is 0 Å². The van der Waals surface area contributed by atoms with Gasteiger partial charge in [-0.15, -0.1) is 0 Å². The molecular weight excluding hydrogens is 228 g/mol. The van der Waals surface area contributed by atoms with Crippen molar-refractivity contribution in [2.45, 2.75) is 55.6 Å². The second-order valence-electron chi connectivity index (χ2n) is 4.38. The van der Waals surface area contributed by atoms with Gasteiger partial charge in [0.05, 0.1) is 12.5 Å². The molecule has 4 atom stereocenters. The summed E-state index contributed by atoms with van der Waals surface area (Å²) in [7, 11) is 0.622. The summed E-state index contributed by atoms with van der Waals surface area (Å²) in [5, 5.41) is 8.51. The highest BCUT2D eigenvalue weighted by Crippen LogP contribution is 2.26. The van der Waals surface area contributed by atoms with Gasteiger partial charge in [-0.2, -0.15) is 0 Å². The zero-order valence-corrected chi connectivity index (χ0v) is 10.7. The van der Waals surface area contributed by atoms with Gasteiger partial charge in [0.15, 0.2) is 0 Å². The highest BCUT2D eigenvalue weighted by atomic mass is 32.2. The molecule has 4 nitrogen and oxygen atoms in total. The van der Waals surface area contributed by atoms with E-state index in [9.17, 15) is 9.00 Å². The maximum atomic E-state index is 12.1. The van der Waals surface area contributed by atoms with Crippen LogP contribution in [0, 0.1) is 0 Å². The van der Waals surface area contributed by atoms with Gasteiger partial charge in [-0.25, -0.2) is 0 Å². The molecule has 0 aromatic rings. The second-order valence-corrected chi connectivity index (χ2v) is 6.51. The molecule has 0 aliphatic heterocycles. The molecule has 0 amide bonds. The molecule has 1 aliphatic rings. The lowest BCUT2D eigenvalue weighted by Crippen LogP contribution is -2.33. The molecule has 1 rings (SSSR count). The first kappa shape index (κ1) is 13.6. The number of hydrogen-bond donors (Lipinski definition) is 1. The summed E-state index contributed by atoms with van der Waals surface area (Å²) in [6.07, 6.45) is 3.95. The highest BCUT2D eigenvalue weighted by Gasteiger charge is 2.29. The Hall–Kier alpha value is -0.420. The lowest BCUT2D eigenvalue weighted by Gasteiger charge is -2.29. The van der Waals surface area contributed by atoms with Crippen molar-refractivity contribution in [3.05, 3.63) is 0 Å². The fraction of sp³-hybridized carbons (Fsp3) is 0.909. The van der Waals surface area contributed by atoms with Crippen molar-refractivity contribution in [2.24, 2.45) is 0 Å². The van der Waals surface area contributed by atoms with E-state index in [1.165, 1.54) is 0 Å². The standard InChI is InChI=1S/C11H20O4S/c1-8(6-11(12)13)16(14)10-5-3-4-9(7-10)15-2/h8-10H,3-7H2,1-2H3,(H,12,13). The third kappa shape index (κ3) is 3.87. The smallest absolute Gasteiger partial charge is 0.304 e. The summed E-state index contributed by atoms with van der Waals surface area (Å²) in [5.74, 6) is -0.875. The van der Waals surface area contributed by atoms with Crippen molar-refractivity contribution in [3.8, 4) is 0 Å². The fourth-order valence-corrected chi connectivity index (χ4v) is 3.95. The van der Waals surface area contributed by atoms with Gasteiger partial charge in [0, 0.05) is 28.4 Å². The normalized spacial score (nSPS) is 29.6. The number of rotatable bonds is 5. The molecule has 1 aliphatic carbocycles. The summed E-state index contributed by atoms with van der Waals surface area (Å²) in [6.45, 7) is 1.75. The second kappa shape index (κ2) is 6.35. The molecule has 0 aromatic carbocycles. The molecule has 4 unspecified atom stereocenters. The predicted molar refractivity (Wildman–Crippen MR) is 62.9 cm³/mol. The minimum Gasteiger partial charge on any atom is -0.481 e. The molecule has 0 spiro atoms. The third-order valence-corrected chi connectivity index (χ3v) is 5.14. The van der Waals surface area contributed by atoms with Crippen LogP contribution >= 0.6 is 0 Å². The van der Waals surface area contributed by atoms with Gasteiger partial charge in [-0.1, -0.05) is 6.92 Å². The number of hydrogen-bond acceptors (Lipinski definition) is 3. The van der Waals surface area contributed by atoms with Crippen LogP contribution in [0.5, 0.6) is 0 Å². The number of ether oxygens (including phenoxy) is 1. The molecule has 0 radical (unpaired) electrons. The average molecular weight is 248 g/mol. The summed E-state index contributed by atoms with van der Waals surface area (Å²) < 4.78 is 17.4. The number of carbonyl (C=O) groups is 1. The Kier molecular flexibility index (Phi) is 5.41. The van der Waals surface area contributed by atoms with Crippen molar-refractivity contribution < 1.29 is 18.8 Å². The number of carboxylic acids is 1. The van der Waals surface area contributed by atoms with Crippen molar-refractivity contribution in [1.29, 1.82) is 0 Å². The Morgan fingerprint density at radius 1 is 1.56 bits per heavy atom. The van der Waals surface area contributed by atoms with E-state index in [2.05, 4.69) is 0 Å². The van der Waals surface area contributed by atoms with Crippen LogP contribution in [0.2, 0.25) is 0 Å². The molecule has 0 heterocycles. The molecule has 16 heavy (non-hydrogen) atoms. The van der Waals surface area contributed by atoms with Crippen molar-refractivity contribution >= 4 is 16.8 Å². The first-order valence-corrected chi connectivity index (χ1v) is 6.96. The molecule has 1 saturated carbocycles. The lowest BCUT2D eigenvalue weighted by atomic mass is 9.97. The highest BCUT2D eigenvalue weighted by molar-refractivity contribution is 7.86. The Morgan fingerprint density at radius 2 is 2.25 bits per heavy atom. The Bertz CT molecular complexity index is 267. The lowest BCUT2D eigenvalue weighted by molar-refractivity contribution is -0.136. The number of methoxy groups -OCH3 is 1. The van der Waals surface area contributed by atoms with Crippen LogP contribution in [-0.4, -0.2) is 39.0 Å². The monoisotopic (exact) mass is 248 g/mol. The number of carboxylic acid groups (broad SMARTS) is 1. The summed E-state index contributed by atoms with van der Waals surface area (Å²) in [6, 6.07) is 0. The minimum absolute atomic E-state index is 0.0131. The molecule has 5 heteroatoms. The van der Waals surface area contributed by atoms with E-state index in [1.54, 1.807) is 14.0 Å². The van der Waals surface area contributed by atoms with E-state index in [0.29, 0.717) is 0 Å². The van der Waals surface area contributed by atoms with Gasteiger partial charge in [-0.05, 0) is 25.7 Å². The first-order chi connectivity index (χ1) is 7.54. The van der Waals surface area contributed by atoms with Crippen LogP contribution in [0.3, 0.4) is 0 Å². The zero-order valence-electron chi connectivity index (χ0n) is 9.85. The zero-order chi connectivity index (χ0) is 12.1. The van der Waals surface area contributed by atoms with E-state index in [0.717, 1.165) is 25.7 Å². The van der Waals surface area contributed by atoms with Gasteiger partial charge < -0.3 is 9.84 Å². The van der Waals surface area contributed by atoms with Crippen LogP contribution in [0.25, 0.3) is 0 Å².